The van der Waals surface area contributed by atoms with Crippen LogP contribution in [0.1, 0.15) is 13.8 Å². The second-order valence-corrected chi connectivity index (χ2v) is 1.67. The van der Waals surface area contributed by atoms with Crippen LogP contribution in [0.5, 0.6) is 0 Å². The Morgan fingerprint density at radius 1 is 1.64 bits per heavy atom. The minimum atomic E-state index is -0.607. The van der Waals surface area contributed by atoms with Crippen LogP contribution in [-0.2, 0) is 9.57 Å². The SMILES string of the molecule is CCO/C(C)=N/OC(=O)NC. The third kappa shape index (κ3) is 5.20. The highest BCUT2D eigenvalue weighted by atomic mass is 16.7. The van der Waals surface area contributed by atoms with E-state index < -0.39 is 6.09 Å². The molecule has 0 unspecified atom stereocenters. The largest absolute Gasteiger partial charge is 0.479 e. The molecule has 11 heavy (non-hydrogen) atoms. The molecule has 0 aliphatic rings. The van der Waals surface area contributed by atoms with Gasteiger partial charge in [-0.2, -0.15) is 0 Å². The number of oxime groups is 1. The number of carbonyl (C=O) groups excluding carboxylic acids is 1. The molecule has 0 saturated carbocycles. The summed E-state index contributed by atoms with van der Waals surface area (Å²) >= 11 is 0. The molecule has 0 spiro atoms. The average Bonchev–Trinajstić information content (AvgIpc) is 2.01. The van der Waals surface area contributed by atoms with Crippen LogP contribution in [0.15, 0.2) is 5.16 Å². The Bertz CT molecular complexity index is 156. The summed E-state index contributed by atoms with van der Waals surface area (Å²) in [6, 6.07) is 0. The van der Waals surface area contributed by atoms with Crippen molar-refractivity contribution in [2.24, 2.45) is 5.16 Å². The van der Waals surface area contributed by atoms with Crippen molar-refractivity contribution < 1.29 is 14.4 Å². The predicted molar refractivity (Wildman–Crippen MR) is 40.3 cm³/mol. The molecule has 0 radical (unpaired) electrons. The van der Waals surface area contributed by atoms with Gasteiger partial charge in [0.05, 0.1) is 6.61 Å². The fraction of sp³-hybridized carbons (Fsp3) is 0.667. The van der Waals surface area contributed by atoms with Crippen LogP contribution in [0.3, 0.4) is 0 Å². The van der Waals surface area contributed by atoms with E-state index in [1.807, 2.05) is 6.92 Å². The molecule has 0 atom stereocenters. The van der Waals surface area contributed by atoms with Gasteiger partial charge in [-0.25, -0.2) is 4.79 Å². The summed E-state index contributed by atoms with van der Waals surface area (Å²) in [6.07, 6.45) is -0.607. The molecular formula is C6H12N2O3. The zero-order chi connectivity index (χ0) is 8.69. The van der Waals surface area contributed by atoms with E-state index >= 15 is 0 Å². The summed E-state index contributed by atoms with van der Waals surface area (Å²) in [7, 11) is 1.45. The number of carbonyl (C=O) groups is 1. The maximum absolute atomic E-state index is 10.4. The maximum atomic E-state index is 10.4. The number of ether oxygens (including phenoxy) is 1. The fourth-order valence-electron chi connectivity index (χ4n) is 0.387. The van der Waals surface area contributed by atoms with Crippen molar-refractivity contribution in [3.05, 3.63) is 0 Å². The molecule has 0 aliphatic carbocycles. The average molecular weight is 160 g/mol. The zero-order valence-electron chi connectivity index (χ0n) is 6.88. The molecule has 0 saturated heterocycles. The topological polar surface area (TPSA) is 59.9 Å². The van der Waals surface area contributed by atoms with Gasteiger partial charge >= 0.3 is 6.09 Å². The molecule has 0 aliphatic heterocycles. The van der Waals surface area contributed by atoms with Gasteiger partial charge in [0, 0.05) is 14.0 Å². The number of rotatable bonds is 2. The van der Waals surface area contributed by atoms with Gasteiger partial charge in [-0.3, -0.25) is 4.84 Å². The van der Waals surface area contributed by atoms with E-state index in [0.29, 0.717) is 12.5 Å². The lowest BCUT2D eigenvalue weighted by Gasteiger charge is -1.99. The lowest BCUT2D eigenvalue weighted by Crippen LogP contribution is -2.17. The second kappa shape index (κ2) is 5.52. The van der Waals surface area contributed by atoms with Crippen molar-refractivity contribution in [2.45, 2.75) is 13.8 Å². The van der Waals surface area contributed by atoms with Crippen LogP contribution in [-0.4, -0.2) is 25.6 Å². The van der Waals surface area contributed by atoms with Gasteiger partial charge in [-0.1, -0.05) is 0 Å². The molecule has 1 N–H and O–H groups in total. The van der Waals surface area contributed by atoms with Crippen molar-refractivity contribution in [1.82, 2.24) is 5.32 Å². The van der Waals surface area contributed by atoms with Crippen LogP contribution in [0.2, 0.25) is 0 Å². The first kappa shape index (κ1) is 9.74. The minimum Gasteiger partial charge on any atom is -0.479 e. The summed E-state index contributed by atoms with van der Waals surface area (Å²) in [5.41, 5.74) is 0. The third-order valence-electron chi connectivity index (χ3n) is 0.814. The van der Waals surface area contributed by atoms with Crippen LogP contribution in [0.25, 0.3) is 0 Å². The summed E-state index contributed by atoms with van der Waals surface area (Å²) < 4.78 is 4.88. The molecular weight excluding hydrogens is 148 g/mol. The second-order valence-electron chi connectivity index (χ2n) is 1.67. The van der Waals surface area contributed by atoms with Gasteiger partial charge < -0.3 is 10.1 Å². The Hall–Kier alpha value is -1.26. The molecule has 0 aromatic carbocycles. The number of amides is 1. The van der Waals surface area contributed by atoms with Gasteiger partial charge in [0.2, 0.25) is 5.90 Å². The smallest absolute Gasteiger partial charge is 0.433 e. The molecule has 5 nitrogen and oxygen atoms in total. The van der Waals surface area contributed by atoms with E-state index in [-0.39, 0.29) is 0 Å². The maximum Gasteiger partial charge on any atom is 0.433 e. The van der Waals surface area contributed by atoms with Crippen LogP contribution in [0.4, 0.5) is 4.79 Å². The minimum absolute atomic E-state index is 0.330. The highest BCUT2D eigenvalue weighted by molar-refractivity contribution is 5.74. The van der Waals surface area contributed by atoms with E-state index in [0.717, 1.165) is 0 Å². The van der Waals surface area contributed by atoms with E-state index in [1.165, 1.54) is 7.05 Å². The lowest BCUT2D eigenvalue weighted by molar-refractivity contribution is 0.147. The quantitative estimate of drug-likeness (QED) is 0.280. The normalized spacial score (nSPS) is 10.6. The molecule has 5 heteroatoms. The molecule has 0 aromatic rings. The first-order chi connectivity index (χ1) is 5.20. The Morgan fingerprint density at radius 3 is 2.73 bits per heavy atom. The molecule has 0 rings (SSSR count). The highest BCUT2D eigenvalue weighted by Gasteiger charge is 1.95. The van der Waals surface area contributed by atoms with Crippen molar-refractivity contribution >= 4 is 12.0 Å². The van der Waals surface area contributed by atoms with Gasteiger partial charge in [-0.15, -0.1) is 0 Å². The Balaban J connectivity index is 3.63. The summed E-state index contributed by atoms with van der Waals surface area (Å²) in [6.45, 7) is 3.93. The first-order valence-electron chi connectivity index (χ1n) is 3.26. The number of hydrogen-bond donors (Lipinski definition) is 1. The van der Waals surface area contributed by atoms with Crippen LogP contribution >= 0.6 is 0 Å². The molecule has 0 heterocycles. The zero-order valence-corrected chi connectivity index (χ0v) is 6.88. The summed E-state index contributed by atoms with van der Waals surface area (Å²) in [5, 5.41) is 5.61. The van der Waals surface area contributed by atoms with E-state index in [2.05, 4.69) is 15.3 Å². The Labute approximate surface area is 65.4 Å². The highest BCUT2D eigenvalue weighted by Crippen LogP contribution is 1.84. The number of nitrogens with one attached hydrogen (secondary N) is 1. The monoisotopic (exact) mass is 160 g/mol. The lowest BCUT2D eigenvalue weighted by atomic mass is 10.7. The molecule has 0 aromatic heterocycles. The van der Waals surface area contributed by atoms with Crippen molar-refractivity contribution in [2.75, 3.05) is 13.7 Å². The van der Waals surface area contributed by atoms with Crippen LogP contribution < -0.4 is 5.32 Å². The third-order valence-corrected chi connectivity index (χ3v) is 0.814. The predicted octanol–water partition coefficient (Wildman–Crippen LogP) is 0.712. The van der Waals surface area contributed by atoms with Gasteiger partial charge in [0.25, 0.3) is 0 Å². The first-order valence-corrected chi connectivity index (χ1v) is 3.26. The standard InChI is InChI=1S/C6H12N2O3/c1-4-10-5(2)8-11-6(9)7-3/h4H2,1-3H3,(H,7,9)/b8-5+. The Morgan fingerprint density at radius 2 is 2.27 bits per heavy atom. The summed E-state index contributed by atoms with van der Waals surface area (Å²) in [4.78, 5) is 14.7. The molecule has 1 amide bonds. The molecule has 0 fully saturated rings. The van der Waals surface area contributed by atoms with E-state index in [4.69, 9.17) is 4.74 Å². The van der Waals surface area contributed by atoms with Gasteiger partial charge in [-0.05, 0) is 12.1 Å². The van der Waals surface area contributed by atoms with Crippen molar-refractivity contribution in [1.29, 1.82) is 0 Å². The molecule has 64 valence electrons. The van der Waals surface area contributed by atoms with E-state index in [9.17, 15) is 4.79 Å². The number of hydrogen-bond acceptors (Lipinski definition) is 4. The molecule has 0 bridgehead atoms. The number of nitrogens with zero attached hydrogens (tertiary/aromatic N) is 1. The van der Waals surface area contributed by atoms with Crippen LogP contribution in [0, 0.1) is 0 Å². The fourth-order valence-corrected chi connectivity index (χ4v) is 0.387. The Kier molecular flexibility index (Phi) is 4.89. The van der Waals surface area contributed by atoms with E-state index in [1.54, 1.807) is 6.92 Å². The van der Waals surface area contributed by atoms with Gasteiger partial charge in [0.1, 0.15) is 0 Å². The van der Waals surface area contributed by atoms with Gasteiger partial charge in [0.15, 0.2) is 0 Å². The summed E-state index contributed by atoms with van der Waals surface area (Å²) in [5.74, 6) is 0.330. The van der Waals surface area contributed by atoms with Crippen molar-refractivity contribution in [3.8, 4) is 0 Å². The van der Waals surface area contributed by atoms with Crippen molar-refractivity contribution in [3.63, 3.8) is 0 Å².